The zero-order chi connectivity index (χ0) is 54.1. The fourth-order valence-electron chi connectivity index (χ4n) is 10.9. The molecule has 3 saturated heterocycles. The van der Waals surface area contributed by atoms with Gasteiger partial charge in [0.2, 0.25) is 11.8 Å². The van der Waals surface area contributed by atoms with E-state index in [9.17, 15) is 42.4 Å². The number of ether oxygens (including phenoxy) is 2. The number of carbonyl (C=O) groups is 5. The van der Waals surface area contributed by atoms with Crippen molar-refractivity contribution in [3.8, 4) is 17.8 Å². The molecule has 0 saturated carbocycles. The van der Waals surface area contributed by atoms with E-state index in [0.29, 0.717) is 60.2 Å². The molecule has 77 heavy (non-hydrogen) atoms. The zero-order valence-corrected chi connectivity index (χ0v) is 42.9. The molecule has 5 aliphatic rings. The number of nitrogens with one attached hydrogen (secondary N) is 3. The SMILES string of the molecule is C=C(COc1ccc(C(F)(F)F)cc1NC(=O)NCc1ccc2c(c1)CN(C1CCC(=O)NC1=O)C2=O)C(=O)N1CCN(c2nc(OC[C@@H]3CCCN3C)nc3c2CCN(c2cccc4cccc(Cl)c24)C3)C[C@@H]1CC#N. The average molecular weight is 1070 g/mol. The number of amides is 6. The van der Waals surface area contributed by atoms with E-state index in [4.69, 9.17) is 31.0 Å². The first-order valence-corrected chi connectivity index (χ1v) is 25.8. The highest BCUT2D eigenvalue weighted by Crippen LogP contribution is 2.39. The van der Waals surface area contributed by atoms with Gasteiger partial charge in [0.05, 0.1) is 47.0 Å². The Morgan fingerprint density at radius 2 is 1.75 bits per heavy atom. The Balaban J connectivity index is 0.806. The number of imide groups is 1. The van der Waals surface area contributed by atoms with E-state index in [-0.39, 0.29) is 80.4 Å². The second kappa shape index (κ2) is 21.9. The second-order valence-corrected chi connectivity index (χ2v) is 20.3. The van der Waals surface area contributed by atoms with Crippen LogP contribution in [-0.2, 0) is 46.6 Å². The Labute approximate surface area is 446 Å². The summed E-state index contributed by atoms with van der Waals surface area (Å²) in [5.41, 5.74) is 2.85. The average Bonchev–Trinajstić information content (AvgIpc) is 4.00. The molecule has 3 atom stereocenters. The molecular formula is C55H55ClF3N11O7. The maximum Gasteiger partial charge on any atom is 0.416 e. The van der Waals surface area contributed by atoms with E-state index in [1.807, 2.05) is 30.3 Å². The van der Waals surface area contributed by atoms with E-state index in [2.05, 4.69) is 56.4 Å². The number of urea groups is 1. The van der Waals surface area contributed by atoms with Crippen molar-refractivity contribution in [3.63, 3.8) is 0 Å². The molecule has 400 valence electrons. The number of carbonyl (C=O) groups excluding carboxylic acids is 5. The van der Waals surface area contributed by atoms with Crippen molar-refractivity contribution in [2.75, 3.05) is 68.1 Å². The Morgan fingerprint density at radius 1 is 0.935 bits per heavy atom. The molecule has 5 aromatic rings. The van der Waals surface area contributed by atoms with Crippen LogP contribution in [0, 0.1) is 11.3 Å². The molecule has 0 bridgehead atoms. The molecule has 6 amide bonds. The quantitative estimate of drug-likeness (QED) is 0.0759. The first kappa shape index (κ1) is 52.5. The number of benzene rings is 4. The van der Waals surface area contributed by atoms with Crippen LogP contribution in [0.3, 0.4) is 0 Å². The van der Waals surface area contributed by atoms with Gasteiger partial charge in [-0.1, -0.05) is 54.6 Å². The number of likely N-dealkylation sites (N-methyl/N-ethyl adjacent to an activating group) is 1. The molecule has 1 aromatic heterocycles. The predicted octanol–water partition coefficient (Wildman–Crippen LogP) is 6.99. The maximum absolute atomic E-state index is 14.2. The number of nitriles is 1. The van der Waals surface area contributed by atoms with E-state index in [1.54, 1.807) is 23.1 Å². The maximum atomic E-state index is 14.2. The van der Waals surface area contributed by atoms with Crippen LogP contribution in [0.4, 0.5) is 35.2 Å². The number of anilines is 3. The lowest BCUT2D eigenvalue weighted by molar-refractivity contribution is -0.138. The van der Waals surface area contributed by atoms with Crippen molar-refractivity contribution in [2.45, 2.75) is 82.5 Å². The molecule has 18 nitrogen and oxygen atoms in total. The molecule has 0 radical (unpaired) electrons. The summed E-state index contributed by atoms with van der Waals surface area (Å²) >= 11 is 6.78. The molecule has 0 aliphatic carbocycles. The first-order chi connectivity index (χ1) is 37.0. The molecule has 1 unspecified atom stereocenters. The molecule has 3 fully saturated rings. The first-order valence-electron chi connectivity index (χ1n) is 25.4. The van der Waals surface area contributed by atoms with Crippen molar-refractivity contribution in [1.82, 2.24) is 35.3 Å². The van der Waals surface area contributed by atoms with Crippen LogP contribution in [0.5, 0.6) is 11.8 Å². The van der Waals surface area contributed by atoms with Gasteiger partial charge in [-0.3, -0.25) is 24.5 Å². The van der Waals surface area contributed by atoms with Crippen molar-refractivity contribution >= 4 is 69.2 Å². The number of hydrogen-bond donors (Lipinski definition) is 3. The topological polar surface area (TPSA) is 206 Å². The molecular weight excluding hydrogens is 1020 g/mol. The highest BCUT2D eigenvalue weighted by Gasteiger charge is 2.40. The lowest BCUT2D eigenvalue weighted by Gasteiger charge is -2.42. The Hall–Kier alpha value is -7.96. The van der Waals surface area contributed by atoms with E-state index in [0.717, 1.165) is 65.3 Å². The molecule has 6 heterocycles. The van der Waals surface area contributed by atoms with Crippen molar-refractivity contribution < 1.29 is 46.6 Å². The number of alkyl halides is 3. The number of likely N-dealkylation sites (tertiary alicyclic amines) is 1. The van der Waals surface area contributed by atoms with Gasteiger partial charge in [-0.2, -0.15) is 28.4 Å². The standard InChI is InChI=1S/C55H55ClF3N11O7/c1-32(30-76-46-15-12-36(55(57,58)59)25-42(46)62-53(75)61-26-33-11-13-39-35(24-33)27-70(52(39)74)45-14-16-47(71)64-50(45)72)51(73)69-23-22-68(28-37(69)17-19-60)49-40-18-21-67(44-10-4-7-34-6-3-9-41(56)48(34)44)29-43(40)63-54(65-49)77-31-38-8-5-20-66(38)2/h3-4,6-7,9-13,15,24-25,37-38,45H,1,5,8,14,16-18,20-23,26-31H2,2H3,(H2,61,62,75)(H,64,71,72)/t37-,38-,45?/m0/s1. The minimum absolute atomic E-state index is 0.0247. The molecule has 3 N–H and O–H groups in total. The summed E-state index contributed by atoms with van der Waals surface area (Å²) in [5.74, 6) is -1.33. The number of halogens is 4. The number of aromatic nitrogens is 2. The van der Waals surface area contributed by atoms with Gasteiger partial charge in [-0.05, 0) is 92.2 Å². The van der Waals surface area contributed by atoms with Gasteiger partial charge < -0.3 is 44.6 Å². The van der Waals surface area contributed by atoms with Gasteiger partial charge in [0, 0.05) is 79.5 Å². The fourth-order valence-corrected chi connectivity index (χ4v) is 11.1. The third kappa shape index (κ3) is 11.2. The van der Waals surface area contributed by atoms with Crippen LogP contribution in [0.1, 0.15) is 70.4 Å². The number of hydrogen-bond acceptors (Lipinski definition) is 13. The molecule has 22 heteroatoms. The minimum atomic E-state index is -4.77. The summed E-state index contributed by atoms with van der Waals surface area (Å²) < 4.78 is 54.2. The summed E-state index contributed by atoms with van der Waals surface area (Å²) in [6.07, 6.45) is -1.84. The fraction of sp³-hybridized carbons (Fsp3) is 0.382. The van der Waals surface area contributed by atoms with Gasteiger partial charge >= 0.3 is 18.2 Å². The van der Waals surface area contributed by atoms with Crippen molar-refractivity contribution in [1.29, 1.82) is 5.26 Å². The smallest absolute Gasteiger partial charge is 0.416 e. The lowest BCUT2D eigenvalue weighted by Crippen LogP contribution is -2.56. The van der Waals surface area contributed by atoms with E-state index in [1.165, 1.54) is 4.90 Å². The van der Waals surface area contributed by atoms with Crippen molar-refractivity contribution in [3.05, 3.63) is 123 Å². The Morgan fingerprint density at radius 3 is 2.52 bits per heavy atom. The largest absolute Gasteiger partial charge is 0.487 e. The second-order valence-electron chi connectivity index (χ2n) is 19.9. The Kier molecular flexibility index (Phi) is 15.0. The number of piperidine rings is 1. The van der Waals surface area contributed by atoms with E-state index < -0.39 is 54.2 Å². The Bertz CT molecular complexity index is 3240. The van der Waals surface area contributed by atoms with Gasteiger partial charge in [0.1, 0.15) is 30.8 Å². The predicted molar refractivity (Wildman–Crippen MR) is 279 cm³/mol. The van der Waals surface area contributed by atoms with Crippen LogP contribution in [0.15, 0.2) is 84.9 Å². The minimum Gasteiger partial charge on any atom is -0.487 e. The molecule has 0 spiro atoms. The van der Waals surface area contributed by atoms with Crippen LogP contribution < -0.4 is 35.2 Å². The zero-order valence-electron chi connectivity index (χ0n) is 42.1. The molecule has 5 aliphatic heterocycles. The normalized spacial score (nSPS) is 19.6. The number of nitrogens with zero attached hydrogens (tertiary/aromatic N) is 8. The van der Waals surface area contributed by atoms with Gasteiger partial charge in [0.15, 0.2) is 0 Å². The number of rotatable bonds is 14. The molecule has 10 rings (SSSR count). The van der Waals surface area contributed by atoms with E-state index >= 15 is 0 Å². The summed E-state index contributed by atoms with van der Waals surface area (Å²) in [6, 6.07) is 19.8. The highest BCUT2D eigenvalue weighted by atomic mass is 35.5. The third-order valence-electron chi connectivity index (χ3n) is 14.9. The monoisotopic (exact) mass is 1070 g/mol. The van der Waals surface area contributed by atoms with Crippen LogP contribution in [0.25, 0.3) is 10.8 Å². The van der Waals surface area contributed by atoms with Crippen LogP contribution in [-0.4, -0.2) is 125 Å². The summed E-state index contributed by atoms with van der Waals surface area (Å²) in [4.78, 5) is 84.4. The van der Waals surface area contributed by atoms with Crippen LogP contribution >= 0.6 is 11.6 Å². The third-order valence-corrected chi connectivity index (χ3v) is 15.3. The van der Waals surface area contributed by atoms with Crippen LogP contribution in [0.2, 0.25) is 5.02 Å². The van der Waals surface area contributed by atoms with Gasteiger partial charge in [-0.25, -0.2) is 4.79 Å². The van der Waals surface area contributed by atoms with Gasteiger partial charge in [-0.15, -0.1) is 0 Å². The summed E-state index contributed by atoms with van der Waals surface area (Å²) in [6.45, 7) is 6.80. The lowest BCUT2D eigenvalue weighted by atomic mass is 10.0. The summed E-state index contributed by atoms with van der Waals surface area (Å²) in [7, 11) is 2.07. The summed E-state index contributed by atoms with van der Waals surface area (Å²) in [5, 5.41) is 20.0. The molecule has 4 aromatic carbocycles. The van der Waals surface area contributed by atoms with Gasteiger partial charge in [0.25, 0.3) is 11.8 Å². The number of piperazine rings is 1. The van der Waals surface area contributed by atoms with Crippen molar-refractivity contribution in [2.24, 2.45) is 0 Å². The highest BCUT2D eigenvalue weighted by molar-refractivity contribution is 6.36. The number of fused-ring (bicyclic) bond motifs is 3.